The lowest BCUT2D eigenvalue weighted by molar-refractivity contribution is 0.255. The Labute approximate surface area is 133 Å². The van der Waals surface area contributed by atoms with Gasteiger partial charge in [-0.15, -0.1) is 0 Å². The molecule has 21 heavy (non-hydrogen) atoms. The molecule has 0 heterocycles. The molecule has 0 spiro atoms. The van der Waals surface area contributed by atoms with Crippen LogP contribution in [-0.4, -0.2) is 6.03 Å². The molecule has 0 saturated heterocycles. The van der Waals surface area contributed by atoms with E-state index in [-0.39, 0.29) is 6.03 Å². The highest BCUT2D eigenvalue weighted by Crippen LogP contribution is 2.25. The zero-order valence-electron chi connectivity index (χ0n) is 11.4. The number of urea groups is 1. The van der Waals surface area contributed by atoms with Crippen molar-refractivity contribution < 1.29 is 4.79 Å². The normalized spacial score (nSPS) is 10.6. The van der Waals surface area contributed by atoms with Crippen LogP contribution in [0.1, 0.15) is 11.1 Å². The van der Waals surface area contributed by atoms with Crippen molar-refractivity contribution in [2.24, 2.45) is 0 Å². The van der Waals surface area contributed by atoms with Crippen molar-refractivity contribution in [3.05, 3.63) is 69.8 Å². The third kappa shape index (κ3) is 4.52. The summed E-state index contributed by atoms with van der Waals surface area (Å²) >= 11 is 11.8. The van der Waals surface area contributed by atoms with Crippen molar-refractivity contribution in [3.8, 4) is 0 Å². The van der Waals surface area contributed by atoms with Crippen LogP contribution in [0.25, 0.3) is 6.08 Å². The largest absolute Gasteiger partial charge is 0.323 e. The van der Waals surface area contributed by atoms with Crippen LogP contribution in [-0.2, 0) is 0 Å². The summed E-state index contributed by atoms with van der Waals surface area (Å²) < 4.78 is 0. The first-order chi connectivity index (χ1) is 10.1. The van der Waals surface area contributed by atoms with Crippen LogP contribution in [0.2, 0.25) is 10.0 Å². The third-order valence-electron chi connectivity index (χ3n) is 2.85. The molecule has 0 aromatic heterocycles. The van der Waals surface area contributed by atoms with E-state index in [1.54, 1.807) is 24.4 Å². The molecule has 0 atom stereocenters. The lowest BCUT2D eigenvalue weighted by Crippen LogP contribution is -2.23. The molecule has 108 valence electrons. The van der Waals surface area contributed by atoms with Crippen LogP contribution in [0.15, 0.2) is 48.7 Å². The summed E-state index contributed by atoms with van der Waals surface area (Å²) in [5.74, 6) is 0. The van der Waals surface area contributed by atoms with E-state index in [1.807, 2.05) is 37.3 Å². The fourth-order valence-electron chi connectivity index (χ4n) is 1.73. The van der Waals surface area contributed by atoms with Crippen LogP contribution < -0.4 is 10.6 Å². The van der Waals surface area contributed by atoms with E-state index in [4.69, 9.17) is 23.2 Å². The standard InChI is InChI=1S/C16H14Cl2N2O/c1-11-4-2-3-5-12(11)8-9-19-16(21)20-15-7-6-13(17)10-14(15)18/h2-10H,1H3,(H2,19,20,21)/b9-8+. The molecule has 0 fully saturated rings. The number of hydrogen-bond acceptors (Lipinski definition) is 1. The smallest absolute Gasteiger partial charge is 0.314 e. The van der Waals surface area contributed by atoms with Crippen LogP contribution in [0, 0.1) is 6.92 Å². The highest BCUT2D eigenvalue weighted by molar-refractivity contribution is 6.36. The van der Waals surface area contributed by atoms with E-state index in [2.05, 4.69) is 10.6 Å². The van der Waals surface area contributed by atoms with Crippen LogP contribution in [0.3, 0.4) is 0 Å². The number of anilines is 1. The monoisotopic (exact) mass is 320 g/mol. The van der Waals surface area contributed by atoms with Crippen LogP contribution >= 0.6 is 23.2 Å². The summed E-state index contributed by atoms with van der Waals surface area (Å²) in [5, 5.41) is 6.18. The average molecular weight is 321 g/mol. The second kappa shape index (κ2) is 7.16. The highest BCUT2D eigenvalue weighted by Gasteiger charge is 2.04. The van der Waals surface area contributed by atoms with Gasteiger partial charge in [0.05, 0.1) is 10.7 Å². The molecule has 0 aliphatic rings. The van der Waals surface area contributed by atoms with Crippen LogP contribution in [0.4, 0.5) is 10.5 Å². The first kappa shape index (κ1) is 15.4. The van der Waals surface area contributed by atoms with Crippen molar-refractivity contribution >= 4 is 41.0 Å². The molecule has 2 aromatic carbocycles. The summed E-state index contributed by atoms with van der Waals surface area (Å²) in [6.07, 6.45) is 3.42. The first-order valence-corrected chi connectivity index (χ1v) is 7.06. The molecule has 2 aromatic rings. The Kier molecular flexibility index (Phi) is 5.26. The number of rotatable bonds is 3. The maximum absolute atomic E-state index is 11.8. The van der Waals surface area contributed by atoms with Gasteiger partial charge in [0.2, 0.25) is 0 Å². The molecule has 3 nitrogen and oxygen atoms in total. The van der Waals surface area contributed by atoms with E-state index in [0.717, 1.165) is 11.1 Å². The molecule has 0 unspecified atom stereocenters. The molecule has 5 heteroatoms. The van der Waals surface area contributed by atoms with Gasteiger partial charge >= 0.3 is 6.03 Å². The average Bonchev–Trinajstić information content (AvgIpc) is 2.44. The minimum atomic E-state index is -0.371. The molecule has 0 bridgehead atoms. The number of carbonyl (C=O) groups excluding carboxylic acids is 1. The zero-order chi connectivity index (χ0) is 15.2. The third-order valence-corrected chi connectivity index (χ3v) is 3.39. The number of carbonyl (C=O) groups is 1. The highest BCUT2D eigenvalue weighted by atomic mass is 35.5. The summed E-state index contributed by atoms with van der Waals surface area (Å²) in [6.45, 7) is 2.01. The fraction of sp³-hybridized carbons (Fsp3) is 0.0625. The van der Waals surface area contributed by atoms with Gasteiger partial charge in [-0.1, -0.05) is 47.5 Å². The summed E-state index contributed by atoms with van der Waals surface area (Å²) in [7, 11) is 0. The van der Waals surface area contributed by atoms with Gasteiger partial charge < -0.3 is 10.6 Å². The Morgan fingerprint density at radius 2 is 1.90 bits per heavy atom. The van der Waals surface area contributed by atoms with Crippen molar-refractivity contribution in [1.29, 1.82) is 0 Å². The predicted octanol–water partition coefficient (Wildman–Crippen LogP) is 5.09. The molecular formula is C16H14Cl2N2O. The van der Waals surface area contributed by atoms with E-state index in [1.165, 1.54) is 0 Å². The minimum Gasteiger partial charge on any atom is -0.314 e. The first-order valence-electron chi connectivity index (χ1n) is 6.31. The van der Waals surface area contributed by atoms with E-state index >= 15 is 0 Å². The Balaban J connectivity index is 1.95. The van der Waals surface area contributed by atoms with Gasteiger partial charge in [0.1, 0.15) is 0 Å². The molecule has 0 radical (unpaired) electrons. The Morgan fingerprint density at radius 3 is 2.62 bits per heavy atom. The van der Waals surface area contributed by atoms with Gasteiger partial charge in [-0.05, 0) is 42.3 Å². The number of aryl methyl sites for hydroxylation is 1. The quantitative estimate of drug-likeness (QED) is 0.812. The lowest BCUT2D eigenvalue weighted by Gasteiger charge is -2.07. The molecule has 2 amide bonds. The summed E-state index contributed by atoms with van der Waals surface area (Å²) in [5.41, 5.74) is 2.68. The maximum Gasteiger partial charge on any atom is 0.323 e. The van der Waals surface area contributed by atoms with Gasteiger partial charge in [-0.2, -0.15) is 0 Å². The number of halogens is 2. The van der Waals surface area contributed by atoms with Crippen molar-refractivity contribution in [2.75, 3.05) is 5.32 Å². The lowest BCUT2D eigenvalue weighted by atomic mass is 10.1. The number of nitrogens with one attached hydrogen (secondary N) is 2. The second-order valence-electron chi connectivity index (χ2n) is 4.41. The van der Waals surface area contributed by atoms with Crippen molar-refractivity contribution in [2.45, 2.75) is 6.92 Å². The Morgan fingerprint density at radius 1 is 1.14 bits per heavy atom. The number of hydrogen-bond donors (Lipinski definition) is 2. The maximum atomic E-state index is 11.8. The number of amides is 2. The molecular weight excluding hydrogens is 307 g/mol. The van der Waals surface area contributed by atoms with E-state index in [9.17, 15) is 4.79 Å². The van der Waals surface area contributed by atoms with Gasteiger partial charge in [0.25, 0.3) is 0 Å². The second-order valence-corrected chi connectivity index (χ2v) is 5.26. The SMILES string of the molecule is Cc1ccccc1/C=C/NC(=O)Nc1ccc(Cl)cc1Cl. The Hall–Kier alpha value is -1.97. The summed E-state index contributed by atoms with van der Waals surface area (Å²) in [6, 6.07) is 12.4. The van der Waals surface area contributed by atoms with E-state index in [0.29, 0.717) is 15.7 Å². The van der Waals surface area contributed by atoms with Gasteiger partial charge in [-0.25, -0.2) is 4.79 Å². The topological polar surface area (TPSA) is 41.1 Å². The van der Waals surface area contributed by atoms with Crippen molar-refractivity contribution in [1.82, 2.24) is 5.32 Å². The van der Waals surface area contributed by atoms with Gasteiger partial charge in [0.15, 0.2) is 0 Å². The van der Waals surface area contributed by atoms with Gasteiger partial charge in [0, 0.05) is 11.2 Å². The molecule has 0 saturated carbocycles. The fourth-order valence-corrected chi connectivity index (χ4v) is 2.19. The van der Waals surface area contributed by atoms with E-state index < -0.39 is 0 Å². The van der Waals surface area contributed by atoms with Crippen LogP contribution in [0.5, 0.6) is 0 Å². The predicted molar refractivity (Wildman–Crippen MR) is 88.8 cm³/mol. The minimum absolute atomic E-state index is 0.371. The Bertz CT molecular complexity index is 684. The summed E-state index contributed by atoms with van der Waals surface area (Å²) in [4.78, 5) is 11.8. The molecule has 2 rings (SSSR count). The van der Waals surface area contributed by atoms with Gasteiger partial charge in [-0.3, -0.25) is 0 Å². The molecule has 0 aliphatic carbocycles. The molecule has 0 aliphatic heterocycles. The zero-order valence-corrected chi connectivity index (χ0v) is 12.9. The van der Waals surface area contributed by atoms with Crippen molar-refractivity contribution in [3.63, 3.8) is 0 Å². The number of benzene rings is 2. The molecule has 2 N–H and O–H groups in total.